The van der Waals surface area contributed by atoms with Crippen molar-refractivity contribution in [2.24, 2.45) is 0 Å². The molecule has 0 spiro atoms. The molecule has 136 valence electrons. The van der Waals surface area contributed by atoms with E-state index in [9.17, 15) is 18.4 Å². The van der Waals surface area contributed by atoms with Gasteiger partial charge in [-0.15, -0.1) is 0 Å². The van der Waals surface area contributed by atoms with Gasteiger partial charge in [-0.2, -0.15) is 0 Å². The van der Waals surface area contributed by atoms with Crippen LogP contribution in [-0.4, -0.2) is 11.8 Å². The highest BCUT2D eigenvalue weighted by Crippen LogP contribution is 2.20. The molecule has 0 aliphatic rings. The zero-order chi connectivity index (χ0) is 19.4. The Balaban J connectivity index is 1.82. The fourth-order valence-electron chi connectivity index (χ4n) is 2.37. The van der Waals surface area contributed by atoms with Crippen molar-refractivity contribution in [3.63, 3.8) is 0 Å². The van der Waals surface area contributed by atoms with E-state index in [2.05, 4.69) is 33.2 Å². The fraction of sp³-hybridized carbons (Fsp3) is 0. The topological polar surface area (TPSA) is 58.2 Å². The van der Waals surface area contributed by atoms with E-state index in [0.29, 0.717) is 11.4 Å². The third-order valence-electron chi connectivity index (χ3n) is 3.71. The molecule has 0 saturated carbocycles. The largest absolute Gasteiger partial charge is 0.322 e. The molecule has 3 aromatic carbocycles. The van der Waals surface area contributed by atoms with Crippen molar-refractivity contribution in [3.05, 3.63) is 93.1 Å². The lowest BCUT2D eigenvalue weighted by Gasteiger charge is -2.11. The maximum atomic E-state index is 14.8. The molecule has 2 N–H and O–H groups in total. The van der Waals surface area contributed by atoms with Crippen LogP contribution >= 0.6 is 22.6 Å². The van der Waals surface area contributed by atoms with E-state index in [1.807, 2.05) is 6.07 Å². The molecule has 4 nitrogen and oxygen atoms in total. The molecular weight excluding hydrogens is 465 g/mol. The average molecular weight is 478 g/mol. The van der Waals surface area contributed by atoms with Gasteiger partial charge in [0, 0.05) is 9.26 Å². The van der Waals surface area contributed by atoms with Crippen molar-refractivity contribution >= 4 is 45.8 Å². The Labute approximate surface area is 167 Å². The summed E-state index contributed by atoms with van der Waals surface area (Å²) in [6.07, 6.45) is 0. The Morgan fingerprint density at radius 2 is 1.33 bits per heavy atom. The summed E-state index contributed by atoms with van der Waals surface area (Å²) >= 11 is 2.05. The predicted octanol–water partition coefficient (Wildman–Crippen LogP) is 5.07. The van der Waals surface area contributed by atoms with E-state index in [4.69, 9.17) is 0 Å². The molecule has 3 aromatic rings. The third kappa shape index (κ3) is 4.48. The first-order valence-electron chi connectivity index (χ1n) is 7.87. The van der Waals surface area contributed by atoms with Crippen LogP contribution in [0.15, 0.2) is 66.7 Å². The zero-order valence-electron chi connectivity index (χ0n) is 13.8. The van der Waals surface area contributed by atoms with Gasteiger partial charge in [-0.05, 0) is 71.1 Å². The lowest BCUT2D eigenvalue weighted by molar-refractivity contribution is 0.102. The van der Waals surface area contributed by atoms with Crippen LogP contribution in [0.4, 0.5) is 20.2 Å². The minimum absolute atomic E-state index is 0.249. The maximum absolute atomic E-state index is 14.8. The van der Waals surface area contributed by atoms with Gasteiger partial charge in [-0.1, -0.05) is 18.2 Å². The minimum Gasteiger partial charge on any atom is -0.322 e. The quantitative estimate of drug-likeness (QED) is 0.515. The second kappa shape index (κ2) is 8.26. The first kappa shape index (κ1) is 19.0. The summed E-state index contributed by atoms with van der Waals surface area (Å²) in [6.45, 7) is 0. The Morgan fingerprint density at radius 1 is 0.741 bits per heavy atom. The molecule has 0 radical (unpaired) electrons. The molecule has 7 heteroatoms. The summed E-state index contributed by atoms with van der Waals surface area (Å²) < 4.78 is 28.5. The molecule has 0 aromatic heterocycles. The van der Waals surface area contributed by atoms with Crippen LogP contribution in [0.2, 0.25) is 0 Å². The van der Waals surface area contributed by atoms with Gasteiger partial charge in [0.1, 0.15) is 11.6 Å². The molecule has 0 unspecified atom stereocenters. The van der Waals surface area contributed by atoms with E-state index < -0.39 is 23.4 Å². The molecule has 0 aliphatic carbocycles. The standard InChI is InChI=1S/C20H13F2IN2O2/c21-12-8-10-13(11-9-12)24-19(26)14-4-3-5-15(18(14)22)20(27)25-17-7-2-1-6-16(17)23/h1-11H,(H,24,26)(H,25,27). The molecule has 0 aliphatic heterocycles. The Hall–Kier alpha value is -2.81. The number of carbonyl (C=O) groups is 2. The van der Waals surface area contributed by atoms with Crippen LogP contribution in [0.3, 0.4) is 0 Å². The van der Waals surface area contributed by atoms with Gasteiger partial charge < -0.3 is 10.6 Å². The lowest BCUT2D eigenvalue weighted by Crippen LogP contribution is -2.19. The molecule has 0 heterocycles. The number of benzene rings is 3. The number of halogens is 3. The molecule has 0 bridgehead atoms. The second-order valence-electron chi connectivity index (χ2n) is 5.56. The highest BCUT2D eigenvalue weighted by Gasteiger charge is 2.20. The number of rotatable bonds is 4. The van der Waals surface area contributed by atoms with Gasteiger partial charge in [-0.25, -0.2) is 8.78 Å². The van der Waals surface area contributed by atoms with Crippen LogP contribution in [-0.2, 0) is 0 Å². The normalized spacial score (nSPS) is 10.3. The van der Waals surface area contributed by atoms with Crippen LogP contribution in [0.1, 0.15) is 20.7 Å². The van der Waals surface area contributed by atoms with Crippen molar-refractivity contribution in [3.8, 4) is 0 Å². The fourth-order valence-corrected chi connectivity index (χ4v) is 2.89. The van der Waals surface area contributed by atoms with Crippen molar-refractivity contribution in [1.29, 1.82) is 0 Å². The van der Waals surface area contributed by atoms with E-state index in [0.717, 1.165) is 3.57 Å². The summed E-state index contributed by atoms with van der Waals surface area (Å²) in [5.41, 5.74) is 0.328. The first-order chi connectivity index (χ1) is 13.0. The summed E-state index contributed by atoms with van der Waals surface area (Å²) in [4.78, 5) is 24.8. The van der Waals surface area contributed by atoms with Crippen molar-refractivity contribution in [2.75, 3.05) is 10.6 Å². The first-order valence-corrected chi connectivity index (χ1v) is 8.95. The predicted molar refractivity (Wildman–Crippen MR) is 108 cm³/mol. The lowest BCUT2D eigenvalue weighted by atomic mass is 10.1. The van der Waals surface area contributed by atoms with Gasteiger partial charge in [0.25, 0.3) is 11.8 Å². The molecular formula is C20H13F2IN2O2. The molecule has 3 rings (SSSR count). The monoisotopic (exact) mass is 478 g/mol. The average Bonchev–Trinajstić information content (AvgIpc) is 2.65. The van der Waals surface area contributed by atoms with Crippen molar-refractivity contribution in [1.82, 2.24) is 0 Å². The number of para-hydroxylation sites is 1. The number of carbonyl (C=O) groups excluding carboxylic acids is 2. The van der Waals surface area contributed by atoms with Gasteiger partial charge in [0.15, 0.2) is 0 Å². The Morgan fingerprint density at radius 3 is 1.96 bits per heavy atom. The molecule has 0 fully saturated rings. The number of hydrogen-bond donors (Lipinski definition) is 2. The number of hydrogen-bond acceptors (Lipinski definition) is 2. The number of nitrogens with one attached hydrogen (secondary N) is 2. The summed E-state index contributed by atoms with van der Waals surface area (Å²) in [7, 11) is 0. The third-order valence-corrected chi connectivity index (χ3v) is 4.65. The van der Waals surface area contributed by atoms with Crippen molar-refractivity contribution < 1.29 is 18.4 Å². The molecule has 0 atom stereocenters. The van der Waals surface area contributed by atoms with Crippen LogP contribution in [0, 0.1) is 15.2 Å². The van der Waals surface area contributed by atoms with E-state index in [1.165, 1.54) is 42.5 Å². The van der Waals surface area contributed by atoms with Crippen LogP contribution < -0.4 is 10.6 Å². The maximum Gasteiger partial charge on any atom is 0.258 e. The van der Waals surface area contributed by atoms with E-state index in [-0.39, 0.29) is 11.1 Å². The second-order valence-corrected chi connectivity index (χ2v) is 6.72. The highest BCUT2D eigenvalue weighted by molar-refractivity contribution is 14.1. The summed E-state index contributed by atoms with van der Waals surface area (Å²) in [5.74, 6) is -2.77. The summed E-state index contributed by atoms with van der Waals surface area (Å²) in [6, 6.07) is 16.1. The van der Waals surface area contributed by atoms with Gasteiger partial charge in [0.05, 0.1) is 16.8 Å². The van der Waals surface area contributed by atoms with E-state index >= 15 is 0 Å². The van der Waals surface area contributed by atoms with Crippen LogP contribution in [0.5, 0.6) is 0 Å². The molecule has 27 heavy (non-hydrogen) atoms. The van der Waals surface area contributed by atoms with Gasteiger partial charge in [-0.3, -0.25) is 9.59 Å². The van der Waals surface area contributed by atoms with E-state index in [1.54, 1.807) is 18.2 Å². The molecule has 0 saturated heterocycles. The van der Waals surface area contributed by atoms with Crippen molar-refractivity contribution in [2.45, 2.75) is 0 Å². The Bertz CT molecular complexity index is 1010. The number of anilines is 2. The zero-order valence-corrected chi connectivity index (χ0v) is 16.0. The Kier molecular flexibility index (Phi) is 5.80. The SMILES string of the molecule is O=C(Nc1ccc(F)cc1)c1cccc(C(=O)Nc2ccccc2I)c1F. The number of amides is 2. The smallest absolute Gasteiger partial charge is 0.258 e. The minimum atomic E-state index is -0.930. The van der Waals surface area contributed by atoms with Gasteiger partial charge >= 0.3 is 0 Å². The van der Waals surface area contributed by atoms with Crippen LogP contribution in [0.25, 0.3) is 0 Å². The highest BCUT2D eigenvalue weighted by atomic mass is 127. The summed E-state index contributed by atoms with van der Waals surface area (Å²) in [5, 5.41) is 5.10. The molecule has 2 amide bonds. The van der Waals surface area contributed by atoms with Gasteiger partial charge in [0.2, 0.25) is 0 Å².